The van der Waals surface area contributed by atoms with Crippen LogP contribution >= 0.6 is 0 Å². The number of benzene rings is 1. The van der Waals surface area contributed by atoms with Crippen LogP contribution in [0, 0.1) is 6.92 Å². The van der Waals surface area contributed by atoms with E-state index in [1.165, 1.54) is 11.1 Å². The van der Waals surface area contributed by atoms with Gasteiger partial charge >= 0.3 is 0 Å². The summed E-state index contributed by atoms with van der Waals surface area (Å²) in [6.07, 6.45) is 2.75. The summed E-state index contributed by atoms with van der Waals surface area (Å²) in [6.45, 7) is 9.76. The molecule has 2 rings (SSSR count). The highest BCUT2D eigenvalue weighted by molar-refractivity contribution is 5.79. The van der Waals surface area contributed by atoms with Gasteiger partial charge in [-0.1, -0.05) is 50.6 Å². The second-order valence-electron chi connectivity index (χ2n) is 6.96. The van der Waals surface area contributed by atoms with Crippen LogP contribution in [-0.2, 0) is 18.4 Å². The molecule has 0 saturated carbocycles. The van der Waals surface area contributed by atoms with Crippen molar-refractivity contribution >= 4 is 5.96 Å². The standard InChI is InChI=1S/C19H28N4O/c1-14-6-8-15(9-7-14)10-11-21-18(20-5)23-13-17-22-12-16(24-17)19(2,3)4/h6-9,12H,10-11,13H2,1-5H3,(H2,20,21,23). The zero-order valence-corrected chi connectivity index (χ0v) is 15.3. The quantitative estimate of drug-likeness (QED) is 0.653. The number of oxazole rings is 1. The summed E-state index contributed by atoms with van der Waals surface area (Å²) in [4.78, 5) is 8.54. The number of aryl methyl sites for hydroxylation is 1. The van der Waals surface area contributed by atoms with Crippen LogP contribution in [0.5, 0.6) is 0 Å². The Hall–Kier alpha value is -2.30. The van der Waals surface area contributed by atoms with Crippen molar-refractivity contribution < 1.29 is 4.42 Å². The Balaban J connectivity index is 1.78. The largest absolute Gasteiger partial charge is 0.443 e. The average Bonchev–Trinajstić information content (AvgIpc) is 3.01. The molecule has 0 bridgehead atoms. The topological polar surface area (TPSA) is 62.5 Å². The molecule has 0 saturated heterocycles. The van der Waals surface area contributed by atoms with Gasteiger partial charge in [-0.25, -0.2) is 4.98 Å². The van der Waals surface area contributed by atoms with E-state index >= 15 is 0 Å². The van der Waals surface area contributed by atoms with Crippen LogP contribution in [0.3, 0.4) is 0 Å². The van der Waals surface area contributed by atoms with E-state index in [-0.39, 0.29) is 5.41 Å². The van der Waals surface area contributed by atoms with Crippen molar-refractivity contribution in [2.75, 3.05) is 13.6 Å². The summed E-state index contributed by atoms with van der Waals surface area (Å²) < 4.78 is 5.77. The predicted octanol–water partition coefficient (Wildman–Crippen LogP) is 3.19. The summed E-state index contributed by atoms with van der Waals surface area (Å²) >= 11 is 0. The van der Waals surface area contributed by atoms with Crippen molar-refractivity contribution in [2.45, 2.75) is 46.1 Å². The fraction of sp³-hybridized carbons (Fsp3) is 0.474. The predicted molar refractivity (Wildman–Crippen MR) is 98.3 cm³/mol. The number of hydrogen-bond acceptors (Lipinski definition) is 3. The molecule has 1 aromatic heterocycles. The third-order valence-corrected chi connectivity index (χ3v) is 3.75. The van der Waals surface area contributed by atoms with Crippen molar-refractivity contribution in [3.63, 3.8) is 0 Å². The number of rotatable bonds is 5. The summed E-state index contributed by atoms with van der Waals surface area (Å²) in [5, 5.41) is 6.54. The SMILES string of the molecule is CN=C(NCCc1ccc(C)cc1)NCc1ncc(C(C)(C)C)o1. The Kier molecular flexibility index (Phi) is 6.01. The van der Waals surface area contributed by atoms with Gasteiger partial charge in [0.05, 0.1) is 12.7 Å². The van der Waals surface area contributed by atoms with E-state index in [4.69, 9.17) is 4.42 Å². The van der Waals surface area contributed by atoms with Crippen molar-refractivity contribution in [1.82, 2.24) is 15.6 Å². The first-order valence-corrected chi connectivity index (χ1v) is 8.34. The molecule has 0 amide bonds. The normalized spacial score (nSPS) is 12.3. The molecule has 5 nitrogen and oxygen atoms in total. The highest BCUT2D eigenvalue weighted by Gasteiger charge is 2.19. The number of nitrogens with zero attached hydrogens (tertiary/aromatic N) is 2. The molecule has 0 atom stereocenters. The Morgan fingerprint density at radius 2 is 1.88 bits per heavy atom. The molecule has 0 fully saturated rings. The van der Waals surface area contributed by atoms with Gasteiger partial charge in [-0.3, -0.25) is 4.99 Å². The maximum Gasteiger partial charge on any atom is 0.213 e. The third kappa shape index (κ3) is 5.41. The zero-order valence-electron chi connectivity index (χ0n) is 15.3. The summed E-state index contributed by atoms with van der Waals surface area (Å²) in [5.74, 6) is 2.31. The molecule has 2 N–H and O–H groups in total. The Morgan fingerprint density at radius 3 is 2.46 bits per heavy atom. The first kappa shape index (κ1) is 18.0. The number of nitrogens with one attached hydrogen (secondary N) is 2. The van der Waals surface area contributed by atoms with E-state index in [2.05, 4.69) is 72.6 Å². The van der Waals surface area contributed by atoms with Crippen LogP contribution < -0.4 is 10.6 Å². The maximum atomic E-state index is 5.77. The Morgan fingerprint density at radius 1 is 1.17 bits per heavy atom. The van der Waals surface area contributed by atoms with Gasteiger partial charge in [0.1, 0.15) is 5.76 Å². The lowest BCUT2D eigenvalue weighted by molar-refractivity contribution is 0.379. The number of hydrogen-bond donors (Lipinski definition) is 2. The Labute approximate surface area is 144 Å². The maximum absolute atomic E-state index is 5.77. The van der Waals surface area contributed by atoms with Crippen molar-refractivity contribution in [2.24, 2.45) is 4.99 Å². The van der Waals surface area contributed by atoms with Crippen molar-refractivity contribution in [3.8, 4) is 0 Å². The van der Waals surface area contributed by atoms with Gasteiger partial charge < -0.3 is 15.1 Å². The smallest absolute Gasteiger partial charge is 0.213 e. The van der Waals surface area contributed by atoms with Gasteiger partial charge in [0.2, 0.25) is 5.89 Å². The zero-order chi connectivity index (χ0) is 17.6. The first-order valence-electron chi connectivity index (χ1n) is 8.34. The van der Waals surface area contributed by atoms with Crippen molar-refractivity contribution in [3.05, 3.63) is 53.2 Å². The van der Waals surface area contributed by atoms with Gasteiger partial charge in [-0.15, -0.1) is 0 Å². The van der Waals surface area contributed by atoms with Crippen LogP contribution in [0.25, 0.3) is 0 Å². The summed E-state index contributed by atoms with van der Waals surface area (Å²) in [7, 11) is 1.76. The molecule has 24 heavy (non-hydrogen) atoms. The number of guanidine groups is 1. The number of aliphatic imine (C=N–C) groups is 1. The minimum atomic E-state index is -0.0286. The molecule has 0 unspecified atom stereocenters. The molecule has 0 aliphatic carbocycles. The van der Waals surface area contributed by atoms with E-state index < -0.39 is 0 Å². The van der Waals surface area contributed by atoms with Crippen molar-refractivity contribution in [1.29, 1.82) is 0 Å². The molecule has 0 aliphatic heterocycles. The fourth-order valence-corrected chi connectivity index (χ4v) is 2.20. The molecule has 5 heteroatoms. The van der Waals surface area contributed by atoms with Crippen LogP contribution in [0.2, 0.25) is 0 Å². The minimum Gasteiger partial charge on any atom is -0.443 e. The van der Waals surface area contributed by atoms with E-state index in [1.54, 1.807) is 13.2 Å². The van der Waals surface area contributed by atoms with Gasteiger partial charge in [0, 0.05) is 19.0 Å². The van der Waals surface area contributed by atoms with Gasteiger partial charge in [-0.05, 0) is 18.9 Å². The lowest BCUT2D eigenvalue weighted by atomic mass is 9.94. The summed E-state index contributed by atoms with van der Waals surface area (Å²) in [6, 6.07) is 8.59. The monoisotopic (exact) mass is 328 g/mol. The Bertz CT molecular complexity index is 665. The molecule has 0 radical (unpaired) electrons. The van der Waals surface area contributed by atoms with Crippen LogP contribution in [0.4, 0.5) is 0 Å². The van der Waals surface area contributed by atoms with Gasteiger partial charge in [-0.2, -0.15) is 0 Å². The molecule has 1 aromatic carbocycles. The van der Waals surface area contributed by atoms with Crippen LogP contribution in [0.15, 0.2) is 39.9 Å². The van der Waals surface area contributed by atoms with E-state index in [0.29, 0.717) is 12.4 Å². The second kappa shape index (κ2) is 7.99. The molecular weight excluding hydrogens is 300 g/mol. The molecule has 0 spiro atoms. The van der Waals surface area contributed by atoms with Crippen LogP contribution in [-0.4, -0.2) is 24.5 Å². The van der Waals surface area contributed by atoms with E-state index in [0.717, 1.165) is 24.7 Å². The highest BCUT2D eigenvalue weighted by atomic mass is 16.4. The molecule has 1 heterocycles. The fourth-order valence-electron chi connectivity index (χ4n) is 2.20. The average molecular weight is 328 g/mol. The highest BCUT2D eigenvalue weighted by Crippen LogP contribution is 2.22. The lowest BCUT2D eigenvalue weighted by Gasteiger charge is -2.13. The van der Waals surface area contributed by atoms with Crippen LogP contribution in [0.1, 0.15) is 43.5 Å². The molecule has 2 aromatic rings. The minimum absolute atomic E-state index is 0.0286. The van der Waals surface area contributed by atoms with E-state index in [9.17, 15) is 0 Å². The summed E-state index contributed by atoms with van der Waals surface area (Å²) in [5.41, 5.74) is 2.56. The third-order valence-electron chi connectivity index (χ3n) is 3.75. The second-order valence-corrected chi connectivity index (χ2v) is 6.96. The molecule has 0 aliphatic rings. The molecule has 130 valence electrons. The van der Waals surface area contributed by atoms with Gasteiger partial charge in [0.15, 0.2) is 5.96 Å². The van der Waals surface area contributed by atoms with E-state index in [1.807, 2.05) is 0 Å². The van der Waals surface area contributed by atoms with Gasteiger partial charge in [0.25, 0.3) is 0 Å². The molecular formula is C19H28N4O. The lowest BCUT2D eigenvalue weighted by Crippen LogP contribution is -2.37. The number of aromatic nitrogens is 1. The first-order chi connectivity index (χ1) is 11.4.